The Labute approximate surface area is 398 Å². The van der Waals surface area contributed by atoms with Crippen molar-refractivity contribution < 1.29 is 71.5 Å². The zero-order chi connectivity index (χ0) is 49.6. The van der Waals surface area contributed by atoms with E-state index in [0.717, 1.165) is 91.1 Å². The van der Waals surface area contributed by atoms with Gasteiger partial charge in [0.1, 0.15) is 48.6 Å². The molecule has 6 heterocycles. The summed E-state index contributed by atoms with van der Waals surface area (Å²) in [5, 5.41) is 29.0. The fourth-order valence-electron chi connectivity index (χ4n) is 9.45. The molecule has 70 heavy (non-hydrogen) atoms. The maximum Gasteiger partial charge on any atom is 0.481 e. The Hall–Kier alpha value is -6.33. The van der Waals surface area contributed by atoms with Crippen LogP contribution in [0.15, 0.2) is 55.1 Å². The lowest BCUT2D eigenvalue weighted by atomic mass is 9.86. The lowest BCUT2D eigenvalue weighted by Gasteiger charge is -2.32. The largest absolute Gasteiger partial charge is 0.481 e. The van der Waals surface area contributed by atoms with E-state index in [1.165, 1.54) is 23.0 Å². The highest BCUT2D eigenvalue weighted by atomic mass is 31.3. The van der Waals surface area contributed by atoms with Crippen molar-refractivity contribution in [3.05, 3.63) is 99.1 Å². The molecule has 1 fully saturated rings. The summed E-state index contributed by atoms with van der Waals surface area (Å²) in [6.07, 6.45) is -1.53. The minimum Gasteiger partial charge on any atom is -0.478 e. The number of aromatic carboxylic acids is 1. The third-order valence-corrected chi connectivity index (χ3v) is 14.8. The Bertz CT molecular complexity index is 3160. The number of nitrogen functional groups attached to an aromatic ring is 1. The number of nitrogens with one attached hydrogen (secondary N) is 2. The molecule has 1 saturated heterocycles. The van der Waals surface area contributed by atoms with Gasteiger partial charge in [0.05, 0.1) is 24.6 Å². The predicted molar refractivity (Wildman–Crippen MR) is 248 cm³/mol. The van der Waals surface area contributed by atoms with Gasteiger partial charge in [-0.25, -0.2) is 38.2 Å². The van der Waals surface area contributed by atoms with Crippen molar-refractivity contribution in [2.45, 2.75) is 64.1 Å². The second-order valence-corrected chi connectivity index (χ2v) is 19.7. The Morgan fingerprint density at radius 3 is 2.50 bits per heavy atom. The van der Waals surface area contributed by atoms with Crippen LogP contribution >= 0.6 is 15.6 Å². The number of phosphoric ester groups is 1. The van der Waals surface area contributed by atoms with Gasteiger partial charge in [-0.3, -0.25) is 13.9 Å². The van der Waals surface area contributed by atoms with Crippen LogP contribution in [0.2, 0.25) is 0 Å². The molecule has 0 bridgehead atoms. The molecule has 3 aromatic carbocycles. The van der Waals surface area contributed by atoms with Crippen molar-refractivity contribution in [1.29, 1.82) is 0 Å². The van der Waals surface area contributed by atoms with Crippen LogP contribution in [-0.4, -0.2) is 127 Å². The van der Waals surface area contributed by atoms with Gasteiger partial charge < -0.3 is 60.4 Å². The molecule has 2 amide bonds. The van der Waals surface area contributed by atoms with E-state index in [1.807, 2.05) is 12.1 Å². The number of alkyl carbamates (subject to hydrolysis) is 1. The maximum absolute atomic E-state index is 13.6. The number of hydrogen-bond acceptors (Lipinski definition) is 16. The highest BCUT2D eigenvalue weighted by Gasteiger charge is 2.49. The van der Waals surface area contributed by atoms with Crippen LogP contribution < -0.4 is 41.2 Å². The molecule has 24 nitrogen and oxygen atoms in total. The number of anilines is 2. The fraction of sp³-hybridized carbons (Fsp3) is 0.386. The number of phosphoric acid groups is 2. The van der Waals surface area contributed by atoms with Crippen molar-refractivity contribution >= 4 is 61.9 Å². The predicted octanol–water partition coefficient (Wildman–Crippen LogP) is 1.70. The van der Waals surface area contributed by atoms with Gasteiger partial charge in [-0.05, 0) is 68.5 Å². The highest BCUT2D eigenvalue weighted by Crippen LogP contribution is 2.58. The first-order valence-electron chi connectivity index (χ1n) is 22.4. The van der Waals surface area contributed by atoms with Crippen molar-refractivity contribution in [3.8, 4) is 11.5 Å². The number of aryl methyl sites for hydroxylation is 2. The summed E-state index contributed by atoms with van der Waals surface area (Å²) in [4.78, 5) is 82.2. The minimum atomic E-state index is -5.50. The molecule has 0 aliphatic carbocycles. The third-order valence-electron chi connectivity index (χ3n) is 12.6. The number of carbonyl (C=O) groups is 3. The van der Waals surface area contributed by atoms with Crippen molar-refractivity contribution in [2.24, 2.45) is 0 Å². The van der Waals surface area contributed by atoms with Crippen molar-refractivity contribution in [2.75, 3.05) is 56.5 Å². The number of nitrogens with zero attached hydrogens (tertiary/aromatic N) is 6. The smallest absolute Gasteiger partial charge is 0.478 e. The van der Waals surface area contributed by atoms with E-state index in [2.05, 4.69) is 65.4 Å². The van der Waals surface area contributed by atoms with Crippen LogP contribution in [0.3, 0.4) is 0 Å². The summed E-state index contributed by atoms with van der Waals surface area (Å²) >= 11 is 0. The average Bonchev–Trinajstić information content (AvgIpc) is 3.89. The molecule has 0 radical (unpaired) electrons. The van der Waals surface area contributed by atoms with Gasteiger partial charge in [-0.1, -0.05) is 6.07 Å². The van der Waals surface area contributed by atoms with Crippen LogP contribution in [-0.2, 0) is 40.3 Å². The number of ether oxygens (including phenoxy) is 3. The van der Waals surface area contributed by atoms with Crippen molar-refractivity contribution in [3.63, 3.8) is 0 Å². The molecule has 9 N–H and O–H groups in total. The number of aromatic nitrogens is 4. The second kappa shape index (κ2) is 19.5. The number of aliphatic hydroxyl groups excluding tert-OH is 1. The number of aliphatic hydroxyl groups is 1. The SMILES string of the molecule is CCN1CCCc2cc3c(cc21)Oc1cc2c(cc1=C3c1ccc(C(=O)NCCNC(=O)O[C@H]3[C@@H](O)[C@H](n4cnc5c(N)ncnc54)O[C@@H]3COP(=O)(O)OP(=O)(O)O)cc1C(=O)O)CCC[N+]=2CC. The normalized spacial score (nSPS) is 20.4. The van der Waals surface area contributed by atoms with Gasteiger partial charge in [0.25, 0.3) is 5.91 Å². The monoisotopic (exact) mass is 1010 g/mol. The number of nitrogens with two attached hydrogens (primary N) is 1. The molecular formula is C44H50N9O15P2+. The van der Waals surface area contributed by atoms with Crippen LogP contribution in [0.25, 0.3) is 16.7 Å². The number of carbonyl (C=O) groups excluding carboxylic acids is 2. The summed E-state index contributed by atoms with van der Waals surface area (Å²) < 4.78 is 53.6. The number of carboxylic acid groups (broad SMARTS) is 1. The van der Waals surface area contributed by atoms with E-state index < -0.39 is 64.8 Å². The summed E-state index contributed by atoms with van der Waals surface area (Å²) in [6.45, 7) is 6.29. The molecule has 2 aromatic heterocycles. The zero-order valence-electron chi connectivity index (χ0n) is 37.8. The molecule has 4 aliphatic heterocycles. The number of hydrogen-bond donors (Lipinski definition) is 8. The number of amides is 2. The Morgan fingerprint density at radius 2 is 1.74 bits per heavy atom. The quantitative estimate of drug-likeness (QED) is 0.0412. The standard InChI is InChI=1S/C44H49N9O15P2/c1-3-51-13-5-7-23-15-28-32(18-30(23)51)65-33-19-31-24(8-6-14-52(31)4-2)16-29(33)35(28)26-10-9-25(17-27(26)43(56)57)41(55)46-11-12-47-44(58)67-38-34(20-64-70(62,63)68-69(59,60)61)66-42(37(38)54)53-22-50-36-39(45)48-21-49-40(36)53/h9-10,15-19,21-22,34,37-38,42,54H,3-8,11-14,20H2,1-2H3,(H7-,45,46,47,48,49,55,56,57,58,59,60,61,62,63)/p+1/t34-,37-,38-,42-/m1/s1. The van der Waals surface area contributed by atoms with E-state index in [0.29, 0.717) is 22.6 Å². The molecule has 5 aromatic rings. The first-order chi connectivity index (χ1) is 33.4. The number of rotatable bonds is 15. The van der Waals surface area contributed by atoms with Crippen LogP contribution in [0.1, 0.15) is 75.9 Å². The van der Waals surface area contributed by atoms with Gasteiger partial charge in [0, 0.05) is 71.8 Å². The number of imidazole rings is 1. The van der Waals surface area contributed by atoms with E-state index >= 15 is 0 Å². The zero-order valence-corrected chi connectivity index (χ0v) is 39.5. The van der Waals surface area contributed by atoms with Gasteiger partial charge in [-0.2, -0.15) is 4.31 Å². The molecule has 370 valence electrons. The fourth-order valence-corrected chi connectivity index (χ4v) is 11.0. The lowest BCUT2D eigenvalue weighted by molar-refractivity contribution is -0.0508. The van der Waals surface area contributed by atoms with Gasteiger partial charge in [0.2, 0.25) is 5.36 Å². The summed E-state index contributed by atoms with van der Waals surface area (Å²) in [5.74, 6) is -0.675. The van der Waals surface area contributed by atoms with E-state index in [-0.39, 0.29) is 41.2 Å². The molecule has 0 spiro atoms. The van der Waals surface area contributed by atoms with Gasteiger partial charge in [0.15, 0.2) is 23.8 Å². The van der Waals surface area contributed by atoms with Crippen LogP contribution in [0.4, 0.5) is 16.3 Å². The van der Waals surface area contributed by atoms with Crippen LogP contribution in [0.5, 0.6) is 11.5 Å². The highest BCUT2D eigenvalue weighted by molar-refractivity contribution is 7.60. The van der Waals surface area contributed by atoms with E-state index in [1.54, 1.807) is 6.07 Å². The third kappa shape index (κ3) is 9.74. The van der Waals surface area contributed by atoms with Crippen molar-refractivity contribution in [1.82, 2.24) is 34.7 Å². The number of fused-ring (bicyclic) bond motifs is 5. The average molecular weight is 1010 g/mol. The first kappa shape index (κ1) is 48.7. The van der Waals surface area contributed by atoms with Crippen LogP contribution in [0, 0.1) is 0 Å². The first-order valence-corrected chi connectivity index (χ1v) is 25.5. The Kier molecular flexibility index (Phi) is 13.5. The van der Waals surface area contributed by atoms with Gasteiger partial charge >= 0.3 is 27.7 Å². The summed E-state index contributed by atoms with van der Waals surface area (Å²) in [5.41, 5.74) is 11.3. The van der Waals surface area contributed by atoms with E-state index in [4.69, 9.17) is 34.3 Å². The molecular weight excluding hydrogens is 956 g/mol. The summed E-state index contributed by atoms with van der Waals surface area (Å²) in [7, 11) is -10.9. The summed E-state index contributed by atoms with van der Waals surface area (Å²) in [6, 6.07) is 12.8. The second-order valence-electron chi connectivity index (χ2n) is 16.9. The molecule has 9 rings (SSSR count). The van der Waals surface area contributed by atoms with E-state index in [9.17, 15) is 38.6 Å². The molecule has 4 aliphatic rings. The Morgan fingerprint density at radius 1 is 0.957 bits per heavy atom. The van der Waals surface area contributed by atoms with Gasteiger partial charge in [-0.15, -0.1) is 0 Å². The lowest BCUT2D eigenvalue weighted by Crippen LogP contribution is -2.42. The minimum absolute atomic E-state index is 0.000161. The number of carboxylic acids is 1. The number of benzene rings is 3. The molecule has 0 saturated carbocycles. The molecule has 26 heteroatoms. The Balaban J connectivity index is 0.926. The molecule has 5 atom stereocenters. The molecule has 1 unspecified atom stereocenters. The topological polar surface area (TPSA) is 333 Å². The maximum atomic E-state index is 13.6.